The fourth-order valence-electron chi connectivity index (χ4n) is 1.41. The Labute approximate surface area is 106 Å². The number of carboxylic acid groups (broad SMARTS) is 1. The molecule has 2 N–H and O–H groups in total. The monoisotopic (exact) mass is 247 g/mol. The molecule has 1 aromatic rings. The van der Waals surface area contributed by atoms with Gasteiger partial charge < -0.3 is 10.4 Å². The Balaban J connectivity index is 2.70. The maximum Gasteiger partial charge on any atom is 0.326 e. The zero-order valence-electron chi connectivity index (χ0n) is 10.5. The second-order valence-electron chi connectivity index (χ2n) is 4.25. The molecule has 4 nitrogen and oxygen atoms in total. The van der Waals surface area contributed by atoms with Crippen LogP contribution in [0.4, 0.5) is 0 Å². The van der Waals surface area contributed by atoms with Crippen LogP contribution in [0.1, 0.15) is 30.6 Å². The molecule has 4 heteroatoms. The first-order valence-corrected chi connectivity index (χ1v) is 5.73. The zero-order chi connectivity index (χ0) is 13.5. The third kappa shape index (κ3) is 4.41. The van der Waals surface area contributed by atoms with Gasteiger partial charge >= 0.3 is 5.97 Å². The Morgan fingerprint density at radius 2 is 1.89 bits per heavy atom. The van der Waals surface area contributed by atoms with E-state index < -0.39 is 12.0 Å². The van der Waals surface area contributed by atoms with E-state index in [-0.39, 0.29) is 12.3 Å². The molecular weight excluding hydrogens is 230 g/mol. The number of carboxylic acids is 1. The highest BCUT2D eigenvalue weighted by Gasteiger charge is 2.19. The Kier molecular flexibility index (Phi) is 5.11. The van der Waals surface area contributed by atoms with E-state index in [4.69, 9.17) is 5.11 Å². The highest BCUT2D eigenvalue weighted by Crippen LogP contribution is 2.03. The standard InChI is InChI=1S/C14H17NO3/c1-10(2)8-9-12(14(17)18)15-13(16)11-6-4-3-5-7-11/h3-8,12H,9H2,1-2H3,(H,15,16)(H,17,18)/t12-/m0/s1. The molecule has 0 heterocycles. The lowest BCUT2D eigenvalue weighted by molar-refractivity contribution is -0.139. The van der Waals surface area contributed by atoms with Crippen LogP contribution in [0.5, 0.6) is 0 Å². The normalized spacial score (nSPS) is 11.4. The van der Waals surface area contributed by atoms with Crippen molar-refractivity contribution in [3.63, 3.8) is 0 Å². The van der Waals surface area contributed by atoms with Crippen molar-refractivity contribution >= 4 is 11.9 Å². The van der Waals surface area contributed by atoms with E-state index in [1.54, 1.807) is 36.4 Å². The Morgan fingerprint density at radius 3 is 2.39 bits per heavy atom. The average Bonchev–Trinajstić information content (AvgIpc) is 2.34. The van der Waals surface area contributed by atoms with Crippen molar-refractivity contribution in [2.75, 3.05) is 0 Å². The molecule has 0 saturated heterocycles. The summed E-state index contributed by atoms with van der Waals surface area (Å²) in [6, 6.07) is 7.67. The third-order valence-corrected chi connectivity index (χ3v) is 2.40. The molecule has 1 rings (SSSR count). The fraction of sp³-hybridized carbons (Fsp3) is 0.286. The summed E-state index contributed by atoms with van der Waals surface area (Å²) in [5.41, 5.74) is 1.48. The van der Waals surface area contributed by atoms with Crippen molar-refractivity contribution < 1.29 is 14.7 Å². The number of hydrogen-bond donors (Lipinski definition) is 2. The fourth-order valence-corrected chi connectivity index (χ4v) is 1.41. The smallest absolute Gasteiger partial charge is 0.326 e. The van der Waals surface area contributed by atoms with E-state index in [0.717, 1.165) is 5.57 Å². The van der Waals surface area contributed by atoms with Crippen LogP contribution in [-0.2, 0) is 4.79 Å². The number of carbonyl (C=O) groups is 2. The van der Waals surface area contributed by atoms with Crippen LogP contribution < -0.4 is 5.32 Å². The molecule has 1 atom stereocenters. The predicted octanol–water partition coefficient (Wildman–Crippen LogP) is 2.23. The lowest BCUT2D eigenvalue weighted by Gasteiger charge is -2.12. The second-order valence-corrected chi connectivity index (χ2v) is 4.25. The summed E-state index contributed by atoms with van der Waals surface area (Å²) in [4.78, 5) is 22.8. The summed E-state index contributed by atoms with van der Waals surface area (Å²) in [6.45, 7) is 3.77. The van der Waals surface area contributed by atoms with Crippen LogP contribution in [0.25, 0.3) is 0 Å². The van der Waals surface area contributed by atoms with E-state index in [0.29, 0.717) is 5.56 Å². The van der Waals surface area contributed by atoms with Gasteiger partial charge in [0.05, 0.1) is 0 Å². The number of amides is 1. The van der Waals surface area contributed by atoms with Gasteiger partial charge in [-0.1, -0.05) is 29.8 Å². The molecule has 1 aromatic carbocycles. The van der Waals surface area contributed by atoms with Crippen molar-refractivity contribution in [2.24, 2.45) is 0 Å². The number of allylic oxidation sites excluding steroid dienone is 1. The van der Waals surface area contributed by atoms with Crippen LogP contribution in [0.15, 0.2) is 42.0 Å². The highest BCUT2D eigenvalue weighted by atomic mass is 16.4. The first-order valence-electron chi connectivity index (χ1n) is 5.73. The number of aliphatic carboxylic acids is 1. The van der Waals surface area contributed by atoms with Crippen molar-refractivity contribution in [1.29, 1.82) is 0 Å². The van der Waals surface area contributed by atoms with E-state index in [2.05, 4.69) is 5.32 Å². The van der Waals surface area contributed by atoms with Crippen molar-refractivity contribution in [1.82, 2.24) is 5.32 Å². The largest absolute Gasteiger partial charge is 0.480 e. The lowest BCUT2D eigenvalue weighted by Crippen LogP contribution is -2.40. The van der Waals surface area contributed by atoms with E-state index in [9.17, 15) is 9.59 Å². The lowest BCUT2D eigenvalue weighted by atomic mass is 10.1. The molecular formula is C14H17NO3. The number of hydrogen-bond acceptors (Lipinski definition) is 2. The minimum absolute atomic E-state index is 0.288. The molecule has 1 amide bonds. The first-order chi connectivity index (χ1) is 8.50. The zero-order valence-corrected chi connectivity index (χ0v) is 10.5. The number of carbonyl (C=O) groups excluding carboxylic acids is 1. The molecule has 0 aliphatic carbocycles. The van der Waals surface area contributed by atoms with Gasteiger partial charge in [-0.25, -0.2) is 4.79 Å². The Morgan fingerprint density at radius 1 is 1.28 bits per heavy atom. The molecule has 0 spiro atoms. The van der Waals surface area contributed by atoms with Gasteiger partial charge in [0, 0.05) is 5.56 Å². The minimum Gasteiger partial charge on any atom is -0.480 e. The molecule has 18 heavy (non-hydrogen) atoms. The van der Waals surface area contributed by atoms with Gasteiger partial charge in [-0.3, -0.25) is 4.79 Å². The van der Waals surface area contributed by atoms with E-state index in [1.807, 2.05) is 13.8 Å². The topological polar surface area (TPSA) is 66.4 Å². The van der Waals surface area contributed by atoms with Gasteiger partial charge in [-0.15, -0.1) is 0 Å². The summed E-state index contributed by atoms with van der Waals surface area (Å²) in [5, 5.41) is 11.5. The quantitative estimate of drug-likeness (QED) is 0.784. The third-order valence-electron chi connectivity index (χ3n) is 2.40. The molecule has 0 radical (unpaired) electrons. The van der Waals surface area contributed by atoms with E-state index >= 15 is 0 Å². The van der Waals surface area contributed by atoms with Crippen LogP contribution in [0.2, 0.25) is 0 Å². The summed E-state index contributed by atoms with van der Waals surface area (Å²) >= 11 is 0. The van der Waals surface area contributed by atoms with Crippen LogP contribution >= 0.6 is 0 Å². The number of rotatable bonds is 5. The summed E-state index contributed by atoms with van der Waals surface area (Å²) in [6.07, 6.45) is 2.08. The SMILES string of the molecule is CC(C)=CC[C@H](NC(=O)c1ccccc1)C(=O)O. The average molecular weight is 247 g/mol. The summed E-state index contributed by atoms with van der Waals surface area (Å²) in [5.74, 6) is -1.40. The number of benzene rings is 1. The first kappa shape index (κ1) is 14.0. The summed E-state index contributed by atoms with van der Waals surface area (Å²) in [7, 11) is 0. The van der Waals surface area contributed by atoms with Crippen LogP contribution in [-0.4, -0.2) is 23.0 Å². The van der Waals surface area contributed by atoms with Crippen molar-refractivity contribution in [3.05, 3.63) is 47.5 Å². The second kappa shape index (κ2) is 6.59. The molecule has 0 bridgehead atoms. The van der Waals surface area contributed by atoms with Gasteiger partial charge in [0.25, 0.3) is 5.91 Å². The van der Waals surface area contributed by atoms with Crippen molar-refractivity contribution in [3.8, 4) is 0 Å². The molecule has 0 aromatic heterocycles. The van der Waals surface area contributed by atoms with Crippen LogP contribution in [0, 0.1) is 0 Å². The predicted molar refractivity (Wildman–Crippen MR) is 69.4 cm³/mol. The van der Waals surface area contributed by atoms with Gasteiger partial charge in [0.2, 0.25) is 0 Å². The van der Waals surface area contributed by atoms with Gasteiger partial charge in [-0.2, -0.15) is 0 Å². The Bertz CT molecular complexity index is 447. The maximum absolute atomic E-state index is 11.8. The van der Waals surface area contributed by atoms with Crippen molar-refractivity contribution in [2.45, 2.75) is 26.3 Å². The van der Waals surface area contributed by atoms with Gasteiger partial charge in [-0.05, 0) is 32.4 Å². The van der Waals surface area contributed by atoms with E-state index in [1.165, 1.54) is 0 Å². The molecule has 0 saturated carbocycles. The van der Waals surface area contributed by atoms with Gasteiger partial charge in [0.15, 0.2) is 0 Å². The van der Waals surface area contributed by atoms with Crippen LogP contribution in [0.3, 0.4) is 0 Å². The minimum atomic E-state index is -1.03. The highest BCUT2D eigenvalue weighted by molar-refractivity contribution is 5.96. The Hall–Kier alpha value is -2.10. The molecule has 0 unspecified atom stereocenters. The number of nitrogens with one attached hydrogen (secondary N) is 1. The molecule has 96 valence electrons. The molecule has 0 aliphatic rings. The summed E-state index contributed by atoms with van der Waals surface area (Å²) < 4.78 is 0. The van der Waals surface area contributed by atoms with Gasteiger partial charge in [0.1, 0.15) is 6.04 Å². The molecule has 0 aliphatic heterocycles. The molecule has 0 fully saturated rings. The maximum atomic E-state index is 11.8.